The van der Waals surface area contributed by atoms with E-state index in [9.17, 15) is 0 Å². The van der Waals surface area contributed by atoms with E-state index in [1.54, 1.807) is 0 Å². The molecule has 0 unspecified atom stereocenters. The zero-order valence-corrected chi connectivity index (χ0v) is 10.5. The summed E-state index contributed by atoms with van der Waals surface area (Å²) >= 11 is 1.87. The average Bonchev–Trinajstić information content (AvgIpc) is 2.19. The van der Waals surface area contributed by atoms with Crippen LogP contribution in [0.4, 0.5) is 0 Å². The van der Waals surface area contributed by atoms with Gasteiger partial charge >= 0.3 is 0 Å². The van der Waals surface area contributed by atoms with Crippen LogP contribution in [0.5, 0.6) is 0 Å². The summed E-state index contributed by atoms with van der Waals surface area (Å²) in [5.41, 5.74) is 3.90. The third-order valence-corrected chi connectivity index (χ3v) is 3.77. The molecule has 2 rings (SSSR count). The Balaban J connectivity index is 2.12. The molecule has 0 saturated carbocycles. The lowest BCUT2D eigenvalue weighted by Gasteiger charge is -2.41. The third kappa shape index (κ3) is 2.25. The smallest absolute Gasteiger partial charge is 0.103 e. The van der Waals surface area contributed by atoms with Crippen LogP contribution in [0.1, 0.15) is 19.4 Å². The second-order valence-electron chi connectivity index (χ2n) is 4.41. The number of nitrogens with one attached hydrogen (secondary N) is 1. The zero-order chi connectivity index (χ0) is 11.6. The maximum atomic E-state index is 5.58. The van der Waals surface area contributed by atoms with Crippen molar-refractivity contribution in [3.05, 3.63) is 29.8 Å². The minimum Gasteiger partial charge on any atom is -0.377 e. The van der Waals surface area contributed by atoms with Crippen LogP contribution in [-0.2, 0) is 10.3 Å². The van der Waals surface area contributed by atoms with E-state index < -0.39 is 0 Å². The van der Waals surface area contributed by atoms with Crippen molar-refractivity contribution in [1.82, 2.24) is 5.43 Å². The van der Waals surface area contributed by atoms with Gasteiger partial charge in [-0.2, -0.15) is 0 Å². The van der Waals surface area contributed by atoms with Crippen molar-refractivity contribution in [2.45, 2.75) is 29.5 Å². The molecule has 1 fully saturated rings. The first-order valence-electron chi connectivity index (χ1n) is 5.49. The fourth-order valence-electron chi connectivity index (χ4n) is 1.76. The molecule has 1 aromatic carbocycles. The van der Waals surface area contributed by atoms with Gasteiger partial charge in [0, 0.05) is 10.1 Å². The van der Waals surface area contributed by atoms with Crippen LogP contribution in [-0.4, -0.2) is 18.5 Å². The van der Waals surface area contributed by atoms with Gasteiger partial charge in [0.2, 0.25) is 0 Å². The second kappa shape index (κ2) is 4.75. The molecule has 88 valence electrons. The van der Waals surface area contributed by atoms with E-state index in [4.69, 9.17) is 10.6 Å². The lowest BCUT2D eigenvalue weighted by Crippen LogP contribution is -2.60. The van der Waals surface area contributed by atoms with Crippen LogP contribution in [0.15, 0.2) is 29.2 Å². The molecule has 1 heterocycles. The lowest BCUT2D eigenvalue weighted by atomic mass is 9.89. The standard InChI is InChI=1S/C12H18N2OS/c1-9(2)16-11-5-3-10(4-6-11)12(14-13)7-15-8-12/h3-6,9,14H,7-8,13H2,1-2H3. The molecule has 1 saturated heterocycles. The van der Waals surface area contributed by atoms with E-state index in [2.05, 4.69) is 43.5 Å². The number of benzene rings is 1. The number of hydrazine groups is 1. The van der Waals surface area contributed by atoms with E-state index in [0.717, 1.165) is 0 Å². The van der Waals surface area contributed by atoms with E-state index in [1.807, 2.05) is 11.8 Å². The van der Waals surface area contributed by atoms with Crippen LogP contribution >= 0.6 is 11.8 Å². The normalized spacial score (nSPS) is 18.5. The van der Waals surface area contributed by atoms with Crippen molar-refractivity contribution in [3.8, 4) is 0 Å². The summed E-state index contributed by atoms with van der Waals surface area (Å²) in [5, 5.41) is 0.611. The Bertz CT molecular complexity index is 341. The largest absolute Gasteiger partial charge is 0.377 e. The fourth-order valence-corrected chi connectivity index (χ4v) is 2.60. The molecule has 0 aromatic heterocycles. The van der Waals surface area contributed by atoms with Crippen molar-refractivity contribution in [2.24, 2.45) is 5.84 Å². The summed E-state index contributed by atoms with van der Waals surface area (Å²) in [6, 6.07) is 8.56. The first-order valence-corrected chi connectivity index (χ1v) is 6.37. The van der Waals surface area contributed by atoms with E-state index in [1.165, 1.54) is 10.5 Å². The molecule has 3 N–H and O–H groups in total. The molecule has 0 atom stereocenters. The van der Waals surface area contributed by atoms with Crippen LogP contribution in [0.2, 0.25) is 0 Å². The lowest BCUT2D eigenvalue weighted by molar-refractivity contribution is -0.0787. The van der Waals surface area contributed by atoms with Crippen molar-refractivity contribution in [3.63, 3.8) is 0 Å². The van der Waals surface area contributed by atoms with Gasteiger partial charge in [0.1, 0.15) is 5.54 Å². The highest BCUT2D eigenvalue weighted by molar-refractivity contribution is 7.99. The van der Waals surface area contributed by atoms with Crippen LogP contribution in [0.25, 0.3) is 0 Å². The Labute approximate surface area is 101 Å². The van der Waals surface area contributed by atoms with Crippen molar-refractivity contribution in [2.75, 3.05) is 13.2 Å². The van der Waals surface area contributed by atoms with Crippen molar-refractivity contribution >= 4 is 11.8 Å². The molecule has 16 heavy (non-hydrogen) atoms. The van der Waals surface area contributed by atoms with E-state index in [-0.39, 0.29) is 5.54 Å². The maximum absolute atomic E-state index is 5.58. The number of rotatable bonds is 4. The summed E-state index contributed by atoms with van der Waals surface area (Å²) < 4.78 is 5.23. The minimum absolute atomic E-state index is 0.166. The molecule has 4 heteroatoms. The molecule has 0 bridgehead atoms. The monoisotopic (exact) mass is 238 g/mol. The van der Waals surface area contributed by atoms with Crippen molar-refractivity contribution < 1.29 is 4.74 Å². The predicted octanol–water partition coefficient (Wildman–Crippen LogP) is 1.88. The Kier molecular flexibility index (Phi) is 3.54. The number of nitrogens with two attached hydrogens (primary N) is 1. The molecule has 1 aromatic rings. The Morgan fingerprint density at radius 3 is 2.31 bits per heavy atom. The highest BCUT2D eigenvalue weighted by atomic mass is 32.2. The first-order chi connectivity index (χ1) is 7.66. The molecule has 0 amide bonds. The summed E-state index contributed by atoms with van der Waals surface area (Å²) in [7, 11) is 0. The van der Waals surface area contributed by atoms with Gasteiger partial charge in [-0.3, -0.25) is 5.84 Å². The van der Waals surface area contributed by atoms with Gasteiger partial charge in [0.25, 0.3) is 0 Å². The summed E-state index contributed by atoms with van der Waals surface area (Å²) in [4.78, 5) is 1.30. The van der Waals surface area contributed by atoms with Gasteiger partial charge in [-0.15, -0.1) is 11.8 Å². The minimum atomic E-state index is -0.166. The van der Waals surface area contributed by atoms with Gasteiger partial charge in [0.05, 0.1) is 13.2 Å². The zero-order valence-electron chi connectivity index (χ0n) is 9.69. The highest BCUT2D eigenvalue weighted by Gasteiger charge is 2.39. The molecule has 1 aliphatic rings. The summed E-state index contributed by atoms with van der Waals surface area (Å²) in [5.74, 6) is 5.58. The van der Waals surface area contributed by atoms with Crippen LogP contribution < -0.4 is 11.3 Å². The van der Waals surface area contributed by atoms with Gasteiger partial charge < -0.3 is 4.74 Å². The molecule has 0 aliphatic carbocycles. The fraction of sp³-hybridized carbons (Fsp3) is 0.500. The van der Waals surface area contributed by atoms with Crippen LogP contribution in [0.3, 0.4) is 0 Å². The van der Waals surface area contributed by atoms with Crippen LogP contribution in [0, 0.1) is 0 Å². The number of hydrogen-bond acceptors (Lipinski definition) is 4. The first kappa shape index (κ1) is 11.9. The predicted molar refractivity (Wildman–Crippen MR) is 67.3 cm³/mol. The molecular formula is C12H18N2OS. The SMILES string of the molecule is CC(C)Sc1ccc(C2(NN)COC2)cc1. The molecular weight excluding hydrogens is 220 g/mol. The quantitative estimate of drug-likeness (QED) is 0.477. The number of ether oxygens (including phenoxy) is 1. The Morgan fingerprint density at radius 1 is 1.31 bits per heavy atom. The van der Waals surface area contributed by atoms with Gasteiger partial charge in [-0.05, 0) is 17.7 Å². The van der Waals surface area contributed by atoms with Gasteiger partial charge in [0.15, 0.2) is 0 Å². The third-order valence-electron chi connectivity index (χ3n) is 2.75. The Morgan fingerprint density at radius 2 is 1.94 bits per heavy atom. The van der Waals surface area contributed by atoms with E-state index >= 15 is 0 Å². The molecule has 3 nitrogen and oxygen atoms in total. The molecule has 0 spiro atoms. The number of thioether (sulfide) groups is 1. The van der Waals surface area contributed by atoms with Gasteiger partial charge in [-0.1, -0.05) is 26.0 Å². The molecule has 0 radical (unpaired) electrons. The molecule has 1 aliphatic heterocycles. The summed E-state index contributed by atoms with van der Waals surface area (Å²) in [6.45, 7) is 5.70. The Hall–Kier alpha value is -0.550. The second-order valence-corrected chi connectivity index (χ2v) is 6.06. The topological polar surface area (TPSA) is 47.3 Å². The van der Waals surface area contributed by atoms with Crippen molar-refractivity contribution in [1.29, 1.82) is 0 Å². The van der Waals surface area contributed by atoms with Gasteiger partial charge in [-0.25, -0.2) is 5.43 Å². The number of hydrogen-bond donors (Lipinski definition) is 2. The maximum Gasteiger partial charge on any atom is 0.103 e. The average molecular weight is 238 g/mol. The van der Waals surface area contributed by atoms with E-state index in [0.29, 0.717) is 18.5 Å². The summed E-state index contributed by atoms with van der Waals surface area (Å²) in [6.07, 6.45) is 0. The highest BCUT2D eigenvalue weighted by Crippen LogP contribution is 2.31.